The van der Waals surface area contributed by atoms with Crippen molar-refractivity contribution in [2.24, 2.45) is 0 Å². The molecule has 0 radical (unpaired) electrons. The van der Waals surface area contributed by atoms with Gasteiger partial charge in [-0.3, -0.25) is 0 Å². The molecule has 1 aromatic carbocycles. The van der Waals surface area contributed by atoms with Crippen LogP contribution >= 0.6 is 11.3 Å². The van der Waals surface area contributed by atoms with Gasteiger partial charge in [-0.25, -0.2) is 4.98 Å². The number of hydrogen-bond acceptors (Lipinski definition) is 5. The largest absolute Gasteiger partial charge is 0.493 e. The van der Waals surface area contributed by atoms with Gasteiger partial charge in [0.1, 0.15) is 11.6 Å². The summed E-state index contributed by atoms with van der Waals surface area (Å²) in [5, 5.41) is 6.40. The van der Waals surface area contributed by atoms with Crippen LogP contribution in [0.25, 0.3) is 0 Å². The Morgan fingerprint density at radius 3 is 2.71 bits per heavy atom. The first kappa shape index (κ1) is 15.8. The lowest BCUT2D eigenvalue weighted by molar-refractivity contribution is 0.283. The second-order valence-corrected chi connectivity index (χ2v) is 6.13. The smallest absolute Gasteiger partial charge is 0.162 e. The van der Waals surface area contributed by atoms with E-state index < -0.39 is 0 Å². The van der Waals surface area contributed by atoms with Gasteiger partial charge in [0, 0.05) is 23.7 Å². The lowest BCUT2D eigenvalue weighted by atomic mass is 10.2. The van der Waals surface area contributed by atoms with Gasteiger partial charge in [-0.1, -0.05) is 19.9 Å². The maximum atomic E-state index is 5.87. The van der Waals surface area contributed by atoms with E-state index in [1.807, 2.05) is 24.4 Å². The van der Waals surface area contributed by atoms with Crippen molar-refractivity contribution in [3.63, 3.8) is 0 Å². The van der Waals surface area contributed by atoms with Crippen LogP contribution in [0.1, 0.15) is 30.1 Å². The van der Waals surface area contributed by atoms with E-state index in [2.05, 4.69) is 30.2 Å². The second-order valence-electron chi connectivity index (χ2n) is 5.19. The first-order chi connectivity index (χ1) is 10.1. The molecule has 0 spiro atoms. The molecule has 2 aromatic rings. The number of ether oxygens (including phenoxy) is 2. The van der Waals surface area contributed by atoms with Crippen LogP contribution < -0.4 is 14.8 Å². The molecule has 0 saturated carbocycles. The van der Waals surface area contributed by atoms with Crippen molar-refractivity contribution in [1.29, 1.82) is 0 Å². The lowest BCUT2D eigenvalue weighted by Gasteiger charge is -2.13. The van der Waals surface area contributed by atoms with Gasteiger partial charge in [-0.15, -0.1) is 11.3 Å². The zero-order valence-electron chi connectivity index (χ0n) is 13.0. The van der Waals surface area contributed by atoms with E-state index in [1.54, 1.807) is 18.4 Å². The van der Waals surface area contributed by atoms with Gasteiger partial charge in [-0.2, -0.15) is 0 Å². The topological polar surface area (TPSA) is 43.4 Å². The average Bonchev–Trinajstić information content (AvgIpc) is 2.88. The Kier molecular flexibility index (Phi) is 5.59. The molecule has 1 N–H and O–H groups in total. The Bertz CT molecular complexity index is 581. The third-order valence-corrected chi connectivity index (χ3v) is 3.90. The first-order valence-electron chi connectivity index (χ1n) is 7.02. The monoisotopic (exact) mass is 306 g/mol. The number of thiazole rings is 1. The van der Waals surface area contributed by atoms with Gasteiger partial charge in [0.05, 0.1) is 7.11 Å². The highest BCUT2D eigenvalue weighted by Crippen LogP contribution is 2.29. The summed E-state index contributed by atoms with van der Waals surface area (Å²) in [4.78, 5) is 4.40. The molecule has 21 heavy (non-hydrogen) atoms. The van der Waals surface area contributed by atoms with Crippen LogP contribution in [-0.2, 0) is 13.2 Å². The van der Waals surface area contributed by atoms with Crippen LogP contribution in [-0.4, -0.2) is 18.1 Å². The van der Waals surface area contributed by atoms with Gasteiger partial charge in [0.2, 0.25) is 0 Å². The first-order valence-corrected chi connectivity index (χ1v) is 7.90. The van der Waals surface area contributed by atoms with E-state index in [9.17, 15) is 0 Å². The summed E-state index contributed by atoms with van der Waals surface area (Å²) in [6.07, 6.45) is 0. The molecule has 0 saturated heterocycles. The molecule has 4 nitrogen and oxygen atoms in total. The SMILES string of the molecule is COc1ccc(CNC(C)C)cc1OCc1nc(C)cs1. The summed E-state index contributed by atoms with van der Waals surface area (Å²) in [5.41, 5.74) is 2.20. The van der Waals surface area contributed by atoms with E-state index in [0.717, 1.165) is 28.7 Å². The molecule has 114 valence electrons. The number of methoxy groups -OCH3 is 1. The van der Waals surface area contributed by atoms with Gasteiger partial charge in [-0.05, 0) is 24.6 Å². The Labute approximate surface area is 130 Å². The molecule has 0 atom stereocenters. The predicted octanol–water partition coefficient (Wildman–Crippen LogP) is 3.54. The molecule has 0 aliphatic rings. The molecule has 0 amide bonds. The molecule has 0 fully saturated rings. The fraction of sp³-hybridized carbons (Fsp3) is 0.438. The number of nitrogens with one attached hydrogen (secondary N) is 1. The van der Waals surface area contributed by atoms with Gasteiger partial charge in [0.25, 0.3) is 0 Å². The Balaban J connectivity index is 2.06. The molecule has 0 aliphatic heterocycles. The maximum absolute atomic E-state index is 5.87. The molecule has 1 heterocycles. The molecule has 2 rings (SSSR count). The van der Waals surface area contributed by atoms with E-state index in [0.29, 0.717) is 12.6 Å². The Morgan fingerprint density at radius 1 is 1.29 bits per heavy atom. The van der Waals surface area contributed by atoms with E-state index in [-0.39, 0.29) is 0 Å². The Morgan fingerprint density at radius 2 is 2.10 bits per heavy atom. The third kappa shape index (κ3) is 4.72. The molecule has 5 heteroatoms. The zero-order chi connectivity index (χ0) is 15.2. The second kappa shape index (κ2) is 7.43. The molecule has 0 bridgehead atoms. The van der Waals surface area contributed by atoms with E-state index in [4.69, 9.17) is 9.47 Å². The number of aryl methyl sites for hydroxylation is 1. The zero-order valence-corrected chi connectivity index (χ0v) is 13.8. The quantitative estimate of drug-likeness (QED) is 0.850. The molecule has 0 unspecified atom stereocenters. The number of hydrogen-bond donors (Lipinski definition) is 1. The van der Waals surface area contributed by atoms with Crippen molar-refractivity contribution in [1.82, 2.24) is 10.3 Å². The van der Waals surface area contributed by atoms with Crippen LogP contribution in [0.5, 0.6) is 11.5 Å². The summed E-state index contributed by atoms with van der Waals surface area (Å²) >= 11 is 1.61. The number of aromatic nitrogens is 1. The molecule has 1 aromatic heterocycles. The van der Waals surface area contributed by atoms with E-state index >= 15 is 0 Å². The van der Waals surface area contributed by atoms with Crippen LogP contribution in [0.2, 0.25) is 0 Å². The summed E-state index contributed by atoms with van der Waals surface area (Å²) in [6, 6.07) is 6.47. The van der Waals surface area contributed by atoms with Crippen molar-refractivity contribution in [3.8, 4) is 11.5 Å². The summed E-state index contributed by atoms with van der Waals surface area (Å²) in [5.74, 6) is 1.50. The molecular formula is C16H22N2O2S. The summed E-state index contributed by atoms with van der Waals surface area (Å²) in [7, 11) is 1.65. The van der Waals surface area contributed by atoms with Crippen molar-refractivity contribution in [2.75, 3.05) is 7.11 Å². The highest BCUT2D eigenvalue weighted by atomic mass is 32.1. The van der Waals surface area contributed by atoms with Crippen LogP contribution in [0.15, 0.2) is 23.6 Å². The minimum Gasteiger partial charge on any atom is -0.493 e. The van der Waals surface area contributed by atoms with Crippen LogP contribution in [0.3, 0.4) is 0 Å². The van der Waals surface area contributed by atoms with Crippen molar-refractivity contribution in [3.05, 3.63) is 39.8 Å². The summed E-state index contributed by atoms with van der Waals surface area (Å²) in [6.45, 7) is 7.53. The number of nitrogens with zero attached hydrogens (tertiary/aromatic N) is 1. The van der Waals surface area contributed by atoms with Crippen molar-refractivity contribution >= 4 is 11.3 Å². The normalized spacial score (nSPS) is 10.9. The number of rotatable bonds is 7. The van der Waals surface area contributed by atoms with Crippen LogP contribution in [0.4, 0.5) is 0 Å². The number of benzene rings is 1. The van der Waals surface area contributed by atoms with Gasteiger partial charge in [0.15, 0.2) is 11.5 Å². The lowest BCUT2D eigenvalue weighted by Crippen LogP contribution is -2.21. The maximum Gasteiger partial charge on any atom is 0.162 e. The van der Waals surface area contributed by atoms with Crippen molar-refractivity contribution < 1.29 is 9.47 Å². The highest BCUT2D eigenvalue weighted by Gasteiger charge is 2.08. The molecular weight excluding hydrogens is 284 g/mol. The minimum absolute atomic E-state index is 0.453. The van der Waals surface area contributed by atoms with Crippen molar-refractivity contribution in [2.45, 2.75) is 40.0 Å². The fourth-order valence-electron chi connectivity index (χ4n) is 1.87. The molecule has 0 aliphatic carbocycles. The fourth-order valence-corrected chi connectivity index (χ4v) is 2.56. The standard InChI is InChI=1S/C16H22N2O2S/c1-11(2)17-8-13-5-6-14(19-4)15(7-13)20-9-16-18-12(3)10-21-16/h5-7,10-11,17H,8-9H2,1-4H3. The van der Waals surface area contributed by atoms with Crippen LogP contribution in [0, 0.1) is 6.92 Å². The Hall–Kier alpha value is -1.59. The summed E-state index contributed by atoms with van der Waals surface area (Å²) < 4.78 is 11.2. The third-order valence-electron chi connectivity index (χ3n) is 2.96. The van der Waals surface area contributed by atoms with Gasteiger partial charge < -0.3 is 14.8 Å². The van der Waals surface area contributed by atoms with E-state index in [1.165, 1.54) is 5.56 Å². The highest BCUT2D eigenvalue weighted by molar-refractivity contribution is 7.09. The average molecular weight is 306 g/mol. The minimum atomic E-state index is 0.453. The predicted molar refractivity (Wildman–Crippen MR) is 86.2 cm³/mol. The van der Waals surface area contributed by atoms with Gasteiger partial charge >= 0.3 is 0 Å².